The van der Waals surface area contributed by atoms with E-state index in [2.05, 4.69) is 0 Å². The zero-order chi connectivity index (χ0) is 22.0. The molecule has 1 saturated heterocycles. The van der Waals surface area contributed by atoms with E-state index < -0.39 is 54.4 Å². The first-order valence-electron chi connectivity index (χ1n) is 9.18. The molecule has 1 heterocycles. The standard InChI is InChI=1S/C21H21FO8/c1-10(12-7-8-13(14(22)9-12)11-5-3-2-4-6-11)20(28)30-21-17(25)15(23)16(24)18(29-21)19(26)27/h2-10,15-18,21,23-25H,1H3,(H,26,27)/t10-,15-,16-,17-,18-,21-/m0/s1. The van der Waals surface area contributed by atoms with Gasteiger partial charge in [-0.25, -0.2) is 9.18 Å². The molecule has 0 radical (unpaired) electrons. The van der Waals surface area contributed by atoms with E-state index in [4.69, 9.17) is 14.6 Å². The molecule has 0 amide bonds. The fourth-order valence-electron chi connectivity index (χ4n) is 3.15. The number of aliphatic carboxylic acids is 1. The van der Waals surface area contributed by atoms with Crippen molar-refractivity contribution in [1.82, 2.24) is 0 Å². The Morgan fingerprint density at radius 2 is 1.70 bits per heavy atom. The monoisotopic (exact) mass is 420 g/mol. The van der Waals surface area contributed by atoms with Gasteiger partial charge in [-0.05, 0) is 24.1 Å². The average molecular weight is 420 g/mol. The molecule has 1 fully saturated rings. The molecule has 1 aliphatic heterocycles. The van der Waals surface area contributed by atoms with Crippen molar-refractivity contribution < 1.29 is 43.9 Å². The molecule has 30 heavy (non-hydrogen) atoms. The van der Waals surface area contributed by atoms with E-state index in [-0.39, 0.29) is 5.56 Å². The number of carboxylic acid groups (broad SMARTS) is 1. The topological polar surface area (TPSA) is 134 Å². The second kappa shape index (κ2) is 8.88. The van der Waals surface area contributed by atoms with Crippen LogP contribution in [0.3, 0.4) is 0 Å². The van der Waals surface area contributed by atoms with E-state index in [9.17, 15) is 29.3 Å². The van der Waals surface area contributed by atoms with Crippen molar-refractivity contribution in [2.24, 2.45) is 0 Å². The van der Waals surface area contributed by atoms with Crippen molar-refractivity contribution in [3.63, 3.8) is 0 Å². The van der Waals surface area contributed by atoms with E-state index in [1.165, 1.54) is 19.1 Å². The zero-order valence-corrected chi connectivity index (χ0v) is 15.9. The summed E-state index contributed by atoms with van der Waals surface area (Å²) < 4.78 is 24.5. The molecular formula is C21H21FO8. The number of hydrogen-bond acceptors (Lipinski definition) is 7. The van der Waals surface area contributed by atoms with Crippen molar-refractivity contribution in [3.05, 3.63) is 59.9 Å². The lowest BCUT2D eigenvalue weighted by Crippen LogP contribution is -2.60. The van der Waals surface area contributed by atoms with Gasteiger partial charge in [0.2, 0.25) is 6.29 Å². The Labute approximate surface area is 171 Å². The van der Waals surface area contributed by atoms with Crippen molar-refractivity contribution in [2.75, 3.05) is 0 Å². The molecule has 0 aromatic heterocycles. The van der Waals surface area contributed by atoms with Gasteiger partial charge in [0.1, 0.15) is 24.1 Å². The molecule has 0 unspecified atom stereocenters. The number of halogens is 1. The third kappa shape index (κ3) is 4.34. The summed E-state index contributed by atoms with van der Waals surface area (Å²) in [5.74, 6) is -4.05. The summed E-state index contributed by atoms with van der Waals surface area (Å²) in [6.07, 6.45) is -9.35. The third-order valence-corrected chi connectivity index (χ3v) is 4.98. The van der Waals surface area contributed by atoms with Crippen LogP contribution in [0, 0.1) is 5.82 Å². The number of aliphatic hydroxyl groups is 3. The van der Waals surface area contributed by atoms with Gasteiger partial charge in [-0.2, -0.15) is 0 Å². The minimum Gasteiger partial charge on any atom is -0.479 e. The van der Waals surface area contributed by atoms with Gasteiger partial charge in [-0.3, -0.25) is 4.79 Å². The Morgan fingerprint density at radius 1 is 1.03 bits per heavy atom. The van der Waals surface area contributed by atoms with Crippen molar-refractivity contribution in [3.8, 4) is 11.1 Å². The van der Waals surface area contributed by atoms with Crippen LogP contribution in [0.5, 0.6) is 0 Å². The highest BCUT2D eigenvalue weighted by Crippen LogP contribution is 2.28. The molecule has 0 bridgehead atoms. The first kappa shape index (κ1) is 21.8. The molecule has 8 nitrogen and oxygen atoms in total. The lowest BCUT2D eigenvalue weighted by Gasteiger charge is -2.38. The zero-order valence-electron chi connectivity index (χ0n) is 15.9. The molecule has 3 rings (SSSR count). The van der Waals surface area contributed by atoms with Gasteiger partial charge in [0.15, 0.2) is 6.10 Å². The average Bonchev–Trinajstić information content (AvgIpc) is 2.73. The number of esters is 1. The Bertz CT molecular complexity index is 918. The van der Waals surface area contributed by atoms with Gasteiger partial charge in [0, 0.05) is 5.56 Å². The lowest BCUT2D eigenvalue weighted by molar-refractivity contribution is -0.286. The number of rotatable bonds is 5. The van der Waals surface area contributed by atoms with E-state index in [0.717, 1.165) is 0 Å². The Balaban J connectivity index is 1.74. The minimum atomic E-state index is -1.90. The number of carbonyl (C=O) groups excluding carboxylic acids is 1. The number of benzene rings is 2. The summed E-state index contributed by atoms with van der Waals surface area (Å²) in [7, 11) is 0. The molecule has 6 atom stereocenters. The smallest absolute Gasteiger partial charge is 0.335 e. The van der Waals surface area contributed by atoms with Crippen molar-refractivity contribution >= 4 is 11.9 Å². The van der Waals surface area contributed by atoms with Crippen molar-refractivity contribution in [1.29, 1.82) is 0 Å². The largest absolute Gasteiger partial charge is 0.479 e. The number of ether oxygens (including phenoxy) is 2. The fourth-order valence-corrected chi connectivity index (χ4v) is 3.15. The van der Waals surface area contributed by atoms with Crippen LogP contribution in [0.25, 0.3) is 11.1 Å². The summed E-state index contributed by atoms with van der Waals surface area (Å²) in [6, 6.07) is 13.1. The third-order valence-electron chi connectivity index (χ3n) is 4.98. The van der Waals surface area contributed by atoms with Crippen LogP contribution in [-0.4, -0.2) is 63.1 Å². The second-order valence-electron chi connectivity index (χ2n) is 7.00. The molecule has 1 aliphatic rings. The van der Waals surface area contributed by atoms with E-state index in [1.807, 2.05) is 0 Å². The van der Waals surface area contributed by atoms with Gasteiger partial charge in [-0.1, -0.05) is 42.5 Å². The predicted molar refractivity (Wildman–Crippen MR) is 101 cm³/mol. The quantitative estimate of drug-likeness (QED) is 0.527. The normalized spacial score (nSPS) is 27.3. The molecule has 0 spiro atoms. The fraction of sp³-hybridized carbons (Fsp3) is 0.333. The molecular weight excluding hydrogens is 399 g/mol. The van der Waals surface area contributed by atoms with E-state index in [1.54, 1.807) is 36.4 Å². The maximum absolute atomic E-state index is 14.6. The maximum atomic E-state index is 14.6. The molecule has 0 saturated carbocycles. The Hall–Kier alpha value is -2.85. The number of hydrogen-bond donors (Lipinski definition) is 4. The Morgan fingerprint density at radius 3 is 2.30 bits per heavy atom. The van der Waals surface area contributed by atoms with Crippen LogP contribution in [0.15, 0.2) is 48.5 Å². The maximum Gasteiger partial charge on any atom is 0.335 e. The minimum absolute atomic E-state index is 0.290. The first-order valence-corrected chi connectivity index (χ1v) is 9.18. The molecule has 0 aliphatic carbocycles. The van der Waals surface area contributed by atoms with Crippen LogP contribution in [-0.2, 0) is 19.1 Å². The lowest BCUT2D eigenvalue weighted by atomic mass is 9.96. The number of carboxylic acids is 1. The van der Waals surface area contributed by atoms with E-state index >= 15 is 0 Å². The van der Waals surface area contributed by atoms with Gasteiger partial charge in [0.25, 0.3) is 0 Å². The van der Waals surface area contributed by atoms with Crippen LogP contribution in [0.2, 0.25) is 0 Å². The summed E-state index contributed by atoms with van der Waals surface area (Å²) >= 11 is 0. The van der Waals surface area contributed by atoms with Gasteiger partial charge in [-0.15, -0.1) is 0 Å². The van der Waals surface area contributed by atoms with Crippen LogP contribution in [0.4, 0.5) is 4.39 Å². The summed E-state index contributed by atoms with van der Waals surface area (Å²) in [5, 5.41) is 38.5. The number of aliphatic hydroxyl groups excluding tert-OH is 3. The molecule has 9 heteroatoms. The van der Waals surface area contributed by atoms with Crippen molar-refractivity contribution in [2.45, 2.75) is 43.5 Å². The highest BCUT2D eigenvalue weighted by atomic mass is 19.1. The van der Waals surface area contributed by atoms with Gasteiger partial charge in [0.05, 0.1) is 5.92 Å². The SMILES string of the molecule is C[C@H](C(=O)O[C@@H]1O[C@H](C(=O)O)[C@@H](O)[C@H](O)[C@@H]1O)c1ccc(-c2ccccc2)c(F)c1. The summed E-state index contributed by atoms with van der Waals surface area (Å²) in [5.41, 5.74) is 1.31. The summed E-state index contributed by atoms with van der Waals surface area (Å²) in [6.45, 7) is 1.44. The predicted octanol–water partition coefficient (Wildman–Crippen LogP) is 1.03. The second-order valence-corrected chi connectivity index (χ2v) is 7.00. The summed E-state index contributed by atoms with van der Waals surface area (Å²) in [4.78, 5) is 23.6. The van der Waals surface area contributed by atoms with Crippen LogP contribution >= 0.6 is 0 Å². The van der Waals surface area contributed by atoms with Crippen LogP contribution in [0.1, 0.15) is 18.4 Å². The first-order chi connectivity index (χ1) is 14.2. The van der Waals surface area contributed by atoms with E-state index in [0.29, 0.717) is 11.1 Å². The Kier molecular flexibility index (Phi) is 6.47. The molecule has 160 valence electrons. The van der Waals surface area contributed by atoms with Crippen LogP contribution < -0.4 is 0 Å². The molecule has 4 N–H and O–H groups in total. The highest BCUT2D eigenvalue weighted by Gasteiger charge is 2.48. The molecule has 2 aromatic rings. The molecule has 2 aromatic carbocycles. The highest BCUT2D eigenvalue weighted by molar-refractivity contribution is 5.78. The van der Waals surface area contributed by atoms with Gasteiger partial charge >= 0.3 is 11.9 Å². The van der Waals surface area contributed by atoms with Gasteiger partial charge < -0.3 is 29.9 Å². The number of carbonyl (C=O) groups is 2.